The van der Waals surface area contributed by atoms with Gasteiger partial charge in [-0.05, 0) is 112 Å². The summed E-state index contributed by atoms with van der Waals surface area (Å²) in [7, 11) is -4.61. The molecule has 0 aliphatic carbocycles. The number of nitrogens with zero attached hydrogens (tertiary/aromatic N) is 3. The van der Waals surface area contributed by atoms with E-state index in [-0.39, 0.29) is 31.7 Å². The second-order valence-corrected chi connectivity index (χ2v) is 18.1. The molecule has 5 N–H and O–H groups in total. The zero-order valence-corrected chi connectivity index (χ0v) is 36.3. The number of aliphatic carboxylic acids is 1. The lowest BCUT2D eigenvalue weighted by Gasteiger charge is -2.38. The normalized spacial score (nSPS) is 17.3. The van der Waals surface area contributed by atoms with Gasteiger partial charge in [0.2, 0.25) is 15.9 Å². The SMILES string of the molecule is N#Cc1ccc(-c2ccc(CC(NC(=O)C3Cc4cc5c(cc4CN3S(=O)(=O)c3cccc(N([O-])O)c3)OC(c3ccc(OCc4ccc(Cl)c(Cl)c4)cc3)C(O)N5)C(=O)O)cc2)cc1. The molecule has 15 nitrogen and oxygen atoms in total. The molecule has 6 aromatic carbocycles. The molecule has 65 heavy (non-hydrogen) atoms. The number of nitrogens with one attached hydrogen (secondary N) is 2. The third kappa shape index (κ3) is 9.87. The lowest BCUT2D eigenvalue weighted by molar-refractivity contribution is -0.142. The first-order valence-corrected chi connectivity index (χ1v) is 22.2. The van der Waals surface area contributed by atoms with Crippen molar-refractivity contribution in [3.8, 4) is 28.7 Å². The number of hydrogen-bond donors (Lipinski definition) is 5. The van der Waals surface area contributed by atoms with E-state index >= 15 is 0 Å². The molecule has 0 radical (unpaired) electrons. The van der Waals surface area contributed by atoms with Crippen LogP contribution < -0.4 is 25.3 Å². The van der Waals surface area contributed by atoms with Crippen LogP contribution in [0.3, 0.4) is 0 Å². The van der Waals surface area contributed by atoms with E-state index in [2.05, 4.69) is 16.7 Å². The van der Waals surface area contributed by atoms with Crippen LogP contribution in [0.1, 0.15) is 39.5 Å². The molecule has 2 heterocycles. The van der Waals surface area contributed by atoms with Crippen molar-refractivity contribution in [2.24, 2.45) is 0 Å². The summed E-state index contributed by atoms with van der Waals surface area (Å²) in [6, 6.07) is 33.1. The lowest BCUT2D eigenvalue weighted by Crippen LogP contribution is -2.55. The van der Waals surface area contributed by atoms with Gasteiger partial charge in [-0.15, -0.1) is 0 Å². The molecule has 4 unspecified atom stereocenters. The number of anilines is 2. The van der Waals surface area contributed by atoms with Gasteiger partial charge in [0.1, 0.15) is 30.2 Å². The van der Waals surface area contributed by atoms with Gasteiger partial charge in [0.15, 0.2) is 12.3 Å². The number of sulfonamides is 1. The number of hydrogen-bond acceptors (Lipinski definition) is 12. The Balaban J connectivity index is 1.04. The number of carbonyl (C=O) groups excluding carboxylic acids is 1. The molecular weight excluding hydrogens is 898 g/mol. The minimum absolute atomic E-state index is 0.134. The summed E-state index contributed by atoms with van der Waals surface area (Å²) in [5.74, 6) is -1.41. The number of ether oxygens (including phenoxy) is 2. The fourth-order valence-corrected chi connectivity index (χ4v) is 9.61. The number of carbonyl (C=O) groups is 2. The van der Waals surface area contributed by atoms with E-state index in [1.807, 2.05) is 0 Å². The summed E-state index contributed by atoms with van der Waals surface area (Å²) in [6.45, 7) is -0.140. The molecule has 0 bridgehead atoms. The minimum Gasteiger partial charge on any atom is -0.733 e. The Bertz CT molecular complexity index is 2910. The highest BCUT2D eigenvalue weighted by molar-refractivity contribution is 7.89. The van der Waals surface area contributed by atoms with Crippen molar-refractivity contribution in [1.29, 1.82) is 5.26 Å². The number of aliphatic hydroxyl groups excluding tert-OH is 1. The molecule has 0 spiro atoms. The van der Waals surface area contributed by atoms with E-state index in [1.54, 1.807) is 103 Å². The number of nitriles is 1. The Morgan fingerprint density at radius 2 is 1.62 bits per heavy atom. The first kappa shape index (κ1) is 44.9. The smallest absolute Gasteiger partial charge is 0.326 e. The van der Waals surface area contributed by atoms with Crippen LogP contribution in [-0.4, -0.2) is 58.3 Å². The van der Waals surface area contributed by atoms with E-state index in [9.17, 15) is 38.6 Å². The molecule has 4 atom stereocenters. The monoisotopic (exact) mass is 934 g/mol. The van der Waals surface area contributed by atoms with Gasteiger partial charge in [0.25, 0.3) is 0 Å². The quantitative estimate of drug-likeness (QED) is 0.0705. The van der Waals surface area contributed by atoms with Crippen LogP contribution in [0.15, 0.2) is 132 Å². The molecule has 18 heteroatoms. The van der Waals surface area contributed by atoms with Gasteiger partial charge in [-0.25, -0.2) is 13.2 Å². The number of amides is 1. The highest BCUT2D eigenvalue weighted by Crippen LogP contribution is 2.42. The second kappa shape index (κ2) is 18.8. The van der Waals surface area contributed by atoms with E-state index in [4.69, 9.17) is 37.9 Å². The number of carboxylic acid groups (broad SMARTS) is 1. The van der Waals surface area contributed by atoms with Crippen LogP contribution in [0.25, 0.3) is 11.1 Å². The molecule has 0 saturated carbocycles. The summed E-state index contributed by atoms with van der Waals surface area (Å²) in [6.07, 6.45) is -2.47. The molecule has 1 amide bonds. The van der Waals surface area contributed by atoms with Crippen LogP contribution >= 0.6 is 23.2 Å². The van der Waals surface area contributed by atoms with Crippen LogP contribution in [-0.2, 0) is 45.6 Å². The number of aliphatic hydroxyl groups is 1. The maximum atomic E-state index is 14.4. The summed E-state index contributed by atoms with van der Waals surface area (Å²) < 4.78 is 42.0. The van der Waals surface area contributed by atoms with Crippen LogP contribution in [0, 0.1) is 16.5 Å². The summed E-state index contributed by atoms with van der Waals surface area (Å²) in [5, 5.41) is 57.9. The zero-order chi connectivity index (χ0) is 46.0. The van der Waals surface area contributed by atoms with E-state index in [1.165, 1.54) is 18.2 Å². The van der Waals surface area contributed by atoms with Gasteiger partial charge in [-0.2, -0.15) is 9.57 Å². The highest BCUT2D eigenvalue weighted by Gasteiger charge is 2.42. The molecular formula is C47H38Cl2N5O10S-. The lowest BCUT2D eigenvalue weighted by atomic mass is 9.93. The molecule has 2 aliphatic heterocycles. The predicted molar refractivity (Wildman–Crippen MR) is 241 cm³/mol. The average molecular weight is 936 g/mol. The van der Waals surface area contributed by atoms with Crippen LogP contribution in [0.5, 0.6) is 11.5 Å². The second-order valence-electron chi connectivity index (χ2n) is 15.4. The zero-order valence-electron chi connectivity index (χ0n) is 34.0. The van der Waals surface area contributed by atoms with Crippen molar-refractivity contribution >= 4 is 56.5 Å². The first-order valence-electron chi connectivity index (χ1n) is 20.0. The van der Waals surface area contributed by atoms with Gasteiger partial charge in [-0.3, -0.25) is 10.0 Å². The van der Waals surface area contributed by atoms with Crippen LogP contribution in [0.4, 0.5) is 11.4 Å². The first-order chi connectivity index (χ1) is 31.2. The fourth-order valence-electron chi connectivity index (χ4n) is 7.69. The van der Waals surface area contributed by atoms with Gasteiger partial charge < -0.3 is 40.8 Å². The number of halogens is 2. The maximum absolute atomic E-state index is 14.4. The van der Waals surface area contributed by atoms with E-state index in [0.29, 0.717) is 55.0 Å². The Morgan fingerprint density at radius 1 is 0.923 bits per heavy atom. The molecule has 2 aliphatic rings. The third-order valence-electron chi connectivity index (χ3n) is 11.1. The number of rotatable bonds is 13. The topological polar surface area (TPSA) is 225 Å². The number of carboxylic acids is 1. The largest absolute Gasteiger partial charge is 0.733 e. The molecule has 0 saturated heterocycles. The van der Waals surface area contributed by atoms with Crippen LogP contribution in [0.2, 0.25) is 10.0 Å². The highest BCUT2D eigenvalue weighted by atomic mass is 35.5. The Labute approximate surface area is 383 Å². The van der Waals surface area contributed by atoms with Crippen molar-refractivity contribution in [2.75, 3.05) is 10.5 Å². The fraction of sp³-hybridized carbons (Fsp3) is 0.170. The Kier molecular flexibility index (Phi) is 13.0. The van der Waals surface area contributed by atoms with Crippen molar-refractivity contribution in [3.05, 3.63) is 176 Å². The average Bonchev–Trinajstić information content (AvgIpc) is 3.31. The summed E-state index contributed by atoms with van der Waals surface area (Å²) >= 11 is 12.2. The standard InChI is InChI=1S/C47H38Cl2N5O10S/c48-38-17-8-29(18-39(38)49)26-63-36-15-13-32(14-16-36)44-46(56)51-40-20-33-21-42(53(25-34(33)22-43(40)64-44)65(61,62)37-3-1-2-35(23-37)54(59)60)45(55)52-41(47(57)58)19-27-4-9-30(10-5-27)31-11-6-28(24-50)7-12-31/h1-18,20,22-23,41-42,44,46,51,56,59H,19,21,25-26H2,(H,52,55)(H,57,58)/q-1. The molecule has 0 fully saturated rings. The predicted octanol–water partition coefficient (Wildman–Crippen LogP) is 7.60. The number of fused-ring (bicyclic) bond motifs is 2. The molecule has 0 aromatic heterocycles. The number of benzene rings is 6. The molecule has 6 aromatic rings. The van der Waals surface area contributed by atoms with Crippen molar-refractivity contribution < 1.29 is 42.9 Å². The molecule has 8 rings (SSSR count). The van der Waals surface area contributed by atoms with Gasteiger partial charge in [0, 0.05) is 13.0 Å². The van der Waals surface area contributed by atoms with Gasteiger partial charge in [-0.1, -0.05) is 83.9 Å². The van der Waals surface area contributed by atoms with Gasteiger partial charge >= 0.3 is 5.97 Å². The van der Waals surface area contributed by atoms with Crippen molar-refractivity contribution in [3.63, 3.8) is 0 Å². The third-order valence-corrected chi connectivity index (χ3v) is 13.7. The maximum Gasteiger partial charge on any atom is 0.326 e. The van der Waals surface area contributed by atoms with E-state index in [0.717, 1.165) is 27.1 Å². The Morgan fingerprint density at radius 3 is 2.28 bits per heavy atom. The van der Waals surface area contributed by atoms with Gasteiger partial charge in [0.05, 0.1) is 37.9 Å². The summed E-state index contributed by atoms with van der Waals surface area (Å²) in [5.41, 5.74) is 5.16. The van der Waals surface area contributed by atoms with Crippen molar-refractivity contribution in [1.82, 2.24) is 9.62 Å². The van der Waals surface area contributed by atoms with E-state index < -0.39 is 56.4 Å². The molecule has 332 valence electrons. The van der Waals surface area contributed by atoms with Crippen molar-refractivity contribution in [2.45, 2.75) is 55.3 Å². The summed E-state index contributed by atoms with van der Waals surface area (Å²) in [4.78, 5) is 26.5. The Hall–Kier alpha value is -6.68. The minimum atomic E-state index is -4.61.